The van der Waals surface area contributed by atoms with Crippen molar-refractivity contribution in [2.24, 2.45) is 0 Å². The maximum absolute atomic E-state index is 12.1. The number of likely N-dealkylation sites (N-methyl/N-ethyl adjacent to an activating group) is 1. The topological polar surface area (TPSA) is 30.5 Å². The zero-order chi connectivity index (χ0) is 12.7. The second-order valence-electron chi connectivity index (χ2n) is 3.54. The second-order valence-corrected chi connectivity index (χ2v) is 3.54. The molecule has 17 heavy (non-hydrogen) atoms. The van der Waals surface area contributed by atoms with Crippen molar-refractivity contribution in [1.82, 2.24) is 5.32 Å². The summed E-state index contributed by atoms with van der Waals surface area (Å²) in [4.78, 5) is 0. The summed E-state index contributed by atoms with van der Waals surface area (Å²) in [5.41, 5.74) is 0.848. The van der Waals surface area contributed by atoms with Gasteiger partial charge >= 0.3 is 0 Å². The number of rotatable bonds is 7. The lowest BCUT2D eigenvalue weighted by Crippen LogP contribution is -2.21. The number of hydrogen-bond donors (Lipinski definition) is 1. The Labute approximate surface area is 99.7 Å². The van der Waals surface area contributed by atoms with Crippen molar-refractivity contribution in [2.75, 3.05) is 27.3 Å². The first-order chi connectivity index (χ1) is 8.17. The monoisotopic (exact) mass is 245 g/mol. The third-order valence-corrected chi connectivity index (χ3v) is 2.30. The zero-order valence-corrected chi connectivity index (χ0v) is 9.95. The molecule has 1 atom stereocenters. The summed E-state index contributed by atoms with van der Waals surface area (Å²) in [6.45, 7) is -0.0720. The van der Waals surface area contributed by atoms with Gasteiger partial charge in [0.1, 0.15) is 12.4 Å². The first kappa shape index (κ1) is 13.9. The average molecular weight is 245 g/mol. The standard InChI is InChI=1S/C12H17F2NO2/c1-15-7-11(17-8-12(13)14)9-3-5-10(16-2)6-4-9/h3-6,11-12,15H,7-8H2,1-2H3. The number of halogens is 2. The summed E-state index contributed by atoms with van der Waals surface area (Å²) >= 11 is 0. The Hall–Kier alpha value is -1.20. The quantitative estimate of drug-likeness (QED) is 0.799. The van der Waals surface area contributed by atoms with Crippen LogP contribution in [0.4, 0.5) is 8.78 Å². The number of nitrogens with one attached hydrogen (secondary N) is 1. The molecule has 0 amide bonds. The molecule has 96 valence electrons. The maximum Gasteiger partial charge on any atom is 0.261 e. The molecule has 0 heterocycles. The van der Waals surface area contributed by atoms with Crippen LogP contribution < -0.4 is 10.1 Å². The van der Waals surface area contributed by atoms with Gasteiger partial charge in [0.05, 0.1) is 13.2 Å². The van der Waals surface area contributed by atoms with E-state index in [2.05, 4.69) is 5.32 Å². The van der Waals surface area contributed by atoms with Gasteiger partial charge in [-0.1, -0.05) is 12.1 Å². The van der Waals surface area contributed by atoms with Crippen LogP contribution in [0.3, 0.4) is 0 Å². The van der Waals surface area contributed by atoms with Crippen LogP contribution in [0.1, 0.15) is 11.7 Å². The molecule has 0 aliphatic rings. The van der Waals surface area contributed by atoms with Gasteiger partial charge in [-0.05, 0) is 24.7 Å². The van der Waals surface area contributed by atoms with Gasteiger partial charge in [-0.25, -0.2) is 8.78 Å². The summed E-state index contributed by atoms with van der Waals surface area (Å²) < 4.78 is 34.4. The molecule has 1 rings (SSSR count). The fourth-order valence-corrected chi connectivity index (χ4v) is 1.47. The highest BCUT2D eigenvalue weighted by molar-refractivity contribution is 5.28. The van der Waals surface area contributed by atoms with E-state index < -0.39 is 13.0 Å². The first-order valence-electron chi connectivity index (χ1n) is 5.35. The van der Waals surface area contributed by atoms with E-state index in [9.17, 15) is 8.78 Å². The Balaban J connectivity index is 2.67. The van der Waals surface area contributed by atoms with Gasteiger partial charge in [-0.2, -0.15) is 0 Å². The number of methoxy groups -OCH3 is 1. The first-order valence-corrected chi connectivity index (χ1v) is 5.35. The lowest BCUT2D eigenvalue weighted by molar-refractivity contribution is -0.0240. The average Bonchev–Trinajstić information content (AvgIpc) is 2.34. The highest BCUT2D eigenvalue weighted by atomic mass is 19.3. The molecular weight excluding hydrogens is 228 g/mol. The Bertz CT molecular complexity index is 317. The van der Waals surface area contributed by atoms with Crippen LogP contribution in [-0.2, 0) is 4.74 Å². The van der Waals surface area contributed by atoms with Gasteiger partial charge in [0.15, 0.2) is 0 Å². The van der Waals surface area contributed by atoms with Crippen LogP contribution in [0.25, 0.3) is 0 Å². The predicted octanol–water partition coefficient (Wildman–Crippen LogP) is 2.24. The summed E-state index contributed by atoms with van der Waals surface area (Å²) in [5.74, 6) is 0.728. The molecule has 0 bridgehead atoms. The number of alkyl halides is 2. The van der Waals surface area contributed by atoms with Crippen molar-refractivity contribution < 1.29 is 18.3 Å². The van der Waals surface area contributed by atoms with E-state index in [0.717, 1.165) is 11.3 Å². The van der Waals surface area contributed by atoms with Gasteiger partial charge in [-0.15, -0.1) is 0 Å². The van der Waals surface area contributed by atoms with Crippen molar-refractivity contribution in [3.05, 3.63) is 29.8 Å². The van der Waals surface area contributed by atoms with E-state index in [1.54, 1.807) is 26.3 Å². The minimum atomic E-state index is -2.45. The number of ether oxygens (including phenoxy) is 2. The molecule has 1 aromatic rings. The van der Waals surface area contributed by atoms with Gasteiger partial charge in [0.25, 0.3) is 6.43 Å². The molecule has 3 nitrogen and oxygen atoms in total. The fourth-order valence-electron chi connectivity index (χ4n) is 1.47. The van der Waals surface area contributed by atoms with Crippen LogP contribution in [0.5, 0.6) is 5.75 Å². The maximum atomic E-state index is 12.1. The molecule has 0 spiro atoms. The van der Waals surface area contributed by atoms with Crippen molar-refractivity contribution in [3.8, 4) is 5.75 Å². The van der Waals surface area contributed by atoms with Gasteiger partial charge < -0.3 is 14.8 Å². The normalized spacial score (nSPS) is 12.8. The van der Waals surface area contributed by atoms with Crippen LogP contribution in [0.2, 0.25) is 0 Å². The van der Waals surface area contributed by atoms with Crippen molar-refractivity contribution in [3.63, 3.8) is 0 Å². The number of hydrogen-bond acceptors (Lipinski definition) is 3. The Kier molecular flexibility index (Phi) is 5.86. The predicted molar refractivity (Wildman–Crippen MR) is 61.6 cm³/mol. The fraction of sp³-hybridized carbons (Fsp3) is 0.500. The number of benzene rings is 1. The molecule has 0 aliphatic heterocycles. The third kappa shape index (κ3) is 4.66. The minimum absolute atomic E-state index is 0.375. The van der Waals surface area contributed by atoms with Gasteiger partial charge in [0, 0.05) is 6.54 Å². The van der Waals surface area contributed by atoms with Crippen LogP contribution >= 0.6 is 0 Å². The Morgan fingerprint density at radius 1 is 1.24 bits per heavy atom. The summed E-state index contributed by atoms with van der Waals surface area (Å²) in [6.07, 6.45) is -2.83. The smallest absolute Gasteiger partial charge is 0.261 e. The molecule has 1 unspecified atom stereocenters. The molecule has 1 N–H and O–H groups in total. The highest BCUT2D eigenvalue weighted by Crippen LogP contribution is 2.20. The molecular formula is C12H17F2NO2. The minimum Gasteiger partial charge on any atom is -0.497 e. The molecule has 0 aliphatic carbocycles. The van der Waals surface area contributed by atoms with E-state index >= 15 is 0 Å². The van der Waals surface area contributed by atoms with Gasteiger partial charge in [0.2, 0.25) is 0 Å². The van der Waals surface area contributed by atoms with Gasteiger partial charge in [-0.3, -0.25) is 0 Å². The Morgan fingerprint density at radius 3 is 2.35 bits per heavy atom. The SMILES string of the molecule is CNCC(OCC(F)F)c1ccc(OC)cc1. The lowest BCUT2D eigenvalue weighted by atomic mass is 10.1. The molecule has 0 saturated carbocycles. The third-order valence-electron chi connectivity index (χ3n) is 2.30. The van der Waals surface area contributed by atoms with E-state index in [-0.39, 0.29) is 6.10 Å². The van der Waals surface area contributed by atoms with E-state index in [1.165, 1.54) is 0 Å². The molecule has 0 aromatic heterocycles. The van der Waals surface area contributed by atoms with Crippen LogP contribution in [0, 0.1) is 0 Å². The van der Waals surface area contributed by atoms with Crippen LogP contribution in [-0.4, -0.2) is 33.7 Å². The summed E-state index contributed by atoms with van der Waals surface area (Å²) in [7, 11) is 3.33. The van der Waals surface area contributed by atoms with E-state index in [0.29, 0.717) is 6.54 Å². The van der Waals surface area contributed by atoms with E-state index in [1.807, 2.05) is 12.1 Å². The van der Waals surface area contributed by atoms with Crippen molar-refractivity contribution in [1.29, 1.82) is 0 Å². The summed E-state index contributed by atoms with van der Waals surface area (Å²) in [6, 6.07) is 7.19. The Morgan fingerprint density at radius 2 is 1.88 bits per heavy atom. The zero-order valence-electron chi connectivity index (χ0n) is 9.95. The van der Waals surface area contributed by atoms with Crippen LogP contribution in [0.15, 0.2) is 24.3 Å². The van der Waals surface area contributed by atoms with Crippen molar-refractivity contribution in [2.45, 2.75) is 12.5 Å². The second kappa shape index (κ2) is 7.19. The lowest BCUT2D eigenvalue weighted by Gasteiger charge is -2.18. The molecule has 0 saturated heterocycles. The molecule has 0 fully saturated rings. The van der Waals surface area contributed by atoms with Crippen molar-refractivity contribution >= 4 is 0 Å². The largest absolute Gasteiger partial charge is 0.497 e. The highest BCUT2D eigenvalue weighted by Gasteiger charge is 2.14. The summed E-state index contributed by atoms with van der Waals surface area (Å²) in [5, 5.41) is 2.92. The molecule has 0 radical (unpaired) electrons. The van der Waals surface area contributed by atoms with E-state index in [4.69, 9.17) is 9.47 Å². The molecule has 5 heteroatoms. The molecule has 1 aromatic carbocycles.